The molecule has 2 heterocycles. The van der Waals surface area contributed by atoms with Gasteiger partial charge in [-0.05, 0) is 38.6 Å². The molecule has 1 unspecified atom stereocenters. The number of aromatic hydroxyl groups is 1. The van der Waals surface area contributed by atoms with Crippen LogP contribution >= 0.6 is 0 Å². The van der Waals surface area contributed by atoms with E-state index >= 15 is 0 Å². The molecule has 2 aliphatic rings. The lowest BCUT2D eigenvalue weighted by atomic mass is 9.99. The van der Waals surface area contributed by atoms with Gasteiger partial charge < -0.3 is 9.67 Å². The molecule has 1 saturated heterocycles. The lowest BCUT2D eigenvalue weighted by molar-refractivity contribution is 0.131. The van der Waals surface area contributed by atoms with Gasteiger partial charge in [0.05, 0.1) is 6.20 Å². The summed E-state index contributed by atoms with van der Waals surface area (Å²) >= 11 is 0. The van der Waals surface area contributed by atoms with E-state index in [0.29, 0.717) is 12.1 Å². The van der Waals surface area contributed by atoms with Crippen molar-refractivity contribution in [2.24, 2.45) is 0 Å². The zero-order valence-corrected chi connectivity index (χ0v) is 13.6. The maximum Gasteiger partial charge on any atom is 0.223 e. The number of rotatable bonds is 4. The maximum absolute atomic E-state index is 11.9. The Kier molecular flexibility index (Phi) is 4.87. The summed E-state index contributed by atoms with van der Waals surface area (Å²) in [6, 6.07) is 2.75. The Labute approximate surface area is 132 Å². The van der Waals surface area contributed by atoms with Crippen molar-refractivity contribution < 1.29 is 5.11 Å². The summed E-state index contributed by atoms with van der Waals surface area (Å²) in [5.41, 5.74) is 0.837. The van der Waals surface area contributed by atoms with Gasteiger partial charge in [-0.3, -0.25) is 9.69 Å². The number of hydrogen-bond donors (Lipinski definition) is 1. The first kappa shape index (κ1) is 15.6. The second-order valence-corrected chi connectivity index (χ2v) is 6.89. The van der Waals surface area contributed by atoms with Gasteiger partial charge in [-0.2, -0.15) is 0 Å². The van der Waals surface area contributed by atoms with Gasteiger partial charge in [0.25, 0.3) is 0 Å². The first-order valence-electron chi connectivity index (χ1n) is 8.87. The fourth-order valence-electron chi connectivity index (χ4n) is 4.17. The Balaban J connectivity index is 1.87. The van der Waals surface area contributed by atoms with E-state index in [1.807, 2.05) is 0 Å². The summed E-state index contributed by atoms with van der Waals surface area (Å²) in [7, 11) is 0. The molecule has 0 bridgehead atoms. The molecule has 1 aliphatic heterocycles. The topological polar surface area (TPSA) is 45.5 Å². The van der Waals surface area contributed by atoms with Gasteiger partial charge in [-0.1, -0.05) is 26.2 Å². The van der Waals surface area contributed by atoms with E-state index in [1.54, 1.807) is 12.3 Å². The van der Waals surface area contributed by atoms with Crippen LogP contribution in [0.3, 0.4) is 0 Å². The predicted molar refractivity (Wildman–Crippen MR) is 88.2 cm³/mol. The van der Waals surface area contributed by atoms with Crippen LogP contribution in [-0.4, -0.2) is 27.2 Å². The fraction of sp³-hybridized carbons (Fsp3) is 0.722. The second kappa shape index (κ2) is 6.86. The Hall–Kier alpha value is -1.29. The van der Waals surface area contributed by atoms with Crippen LogP contribution in [0.25, 0.3) is 0 Å². The number of hydrogen-bond acceptors (Lipinski definition) is 3. The number of aromatic nitrogens is 1. The Morgan fingerprint density at radius 3 is 2.64 bits per heavy atom. The summed E-state index contributed by atoms with van der Waals surface area (Å²) in [6.45, 7) is 4.21. The summed E-state index contributed by atoms with van der Waals surface area (Å²) < 4.78 is 2.19. The minimum atomic E-state index is -0.241. The van der Waals surface area contributed by atoms with E-state index in [-0.39, 0.29) is 11.2 Å². The molecular formula is C18H28N2O2. The SMILES string of the molecule is CCC1CCCCN1Cc1cc(=O)c(O)cn1C1CCCC1. The number of likely N-dealkylation sites (tertiary alicyclic amines) is 1. The van der Waals surface area contributed by atoms with Crippen LogP contribution < -0.4 is 5.43 Å². The average Bonchev–Trinajstić information content (AvgIpc) is 3.05. The van der Waals surface area contributed by atoms with Crippen LogP contribution in [0.5, 0.6) is 5.75 Å². The van der Waals surface area contributed by atoms with Crippen molar-refractivity contribution in [3.8, 4) is 5.75 Å². The first-order chi connectivity index (χ1) is 10.7. The maximum atomic E-state index is 11.9. The van der Waals surface area contributed by atoms with Crippen LogP contribution in [0.1, 0.15) is 70.0 Å². The standard InChI is InChI=1S/C18H28N2O2/c1-2-14-7-5-6-10-19(14)12-16-11-17(21)18(22)13-20(16)15-8-3-4-9-15/h11,13-15,22H,2-10,12H2,1H3. The summed E-state index contributed by atoms with van der Waals surface area (Å²) in [5.74, 6) is -0.110. The van der Waals surface area contributed by atoms with Gasteiger partial charge in [0, 0.05) is 30.4 Å². The second-order valence-electron chi connectivity index (χ2n) is 6.89. The molecule has 0 aromatic carbocycles. The van der Waals surface area contributed by atoms with Crippen molar-refractivity contribution in [1.29, 1.82) is 0 Å². The zero-order valence-electron chi connectivity index (χ0n) is 13.6. The van der Waals surface area contributed by atoms with Crippen molar-refractivity contribution in [1.82, 2.24) is 9.47 Å². The molecule has 1 aromatic rings. The number of piperidine rings is 1. The molecule has 0 amide bonds. The highest BCUT2D eigenvalue weighted by Crippen LogP contribution is 2.32. The third kappa shape index (κ3) is 3.22. The molecule has 1 aliphatic carbocycles. The molecule has 3 rings (SSSR count). The quantitative estimate of drug-likeness (QED) is 0.927. The number of pyridine rings is 1. The first-order valence-corrected chi connectivity index (χ1v) is 8.87. The lowest BCUT2D eigenvalue weighted by Crippen LogP contribution is -2.39. The average molecular weight is 304 g/mol. The minimum Gasteiger partial charge on any atom is -0.503 e. The van der Waals surface area contributed by atoms with E-state index in [9.17, 15) is 9.90 Å². The van der Waals surface area contributed by atoms with E-state index in [1.165, 1.54) is 38.5 Å². The van der Waals surface area contributed by atoms with Crippen LogP contribution in [0.4, 0.5) is 0 Å². The van der Waals surface area contributed by atoms with E-state index < -0.39 is 0 Å². The summed E-state index contributed by atoms with van der Waals surface area (Å²) in [6.07, 6.45) is 11.5. The molecule has 1 aromatic heterocycles. The summed E-state index contributed by atoms with van der Waals surface area (Å²) in [4.78, 5) is 14.4. The van der Waals surface area contributed by atoms with Crippen molar-refractivity contribution in [2.45, 2.75) is 76.9 Å². The largest absolute Gasteiger partial charge is 0.503 e. The van der Waals surface area contributed by atoms with Gasteiger partial charge in [0.15, 0.2) is 5.75 Å². The van der Waals surface area contributed by atoms with E-state index in [0.717, 1.165) is 31.6 Å². The molecular weight excluding hydrogens is 276 g/mol. The third-order valence-electron chi connectivity index (χ3n) is 5.45. The van der Waals surface area contributed by atoms with Gasteiger partial charge >= 0.3 is 0 Å². The molecule has 1 atom stereocenters. The Morgan fingerprint density at radius 2 is 1.91 bits per heavy atom. The van der Waals surface area contributed by atoms with Gasteiger partial charge in [0.1, 0.15) is 0 Å². The predicted octanol–water partition coefficient (Wildman–Crippen LogP) is 3.43. The lowest BCUT2D eigenvalue weighted by Gasteiger charge is -2.36. The molecule has 0 spiro atoms. The van der Waals surface area contributed by atoms with Crippen LogP contribution in [-0.2, 0) is 6.54 Å². The molecule has 122 valence electrons. The highest BCUT2D eigenvalue weighted by molar-refractivity contribution is 5.21. The Morgan fingerprint density at radius 1 is 1.18 bits per heavy atom. The highest BCUT2D eigenvalue weighted by Gasteiger charge is 2.24. The van der Waals surface area contributed by atoms with E-state index in [2.05, 4.69) is 16.4 Å². The van der Waals surface area contributed by atoms with E-state index in [4.69, 9.17) is 0 Å². The molecule has 2 fully saturated rings. The normalized spacial score (nSPS) is 24.0. The monoisotopic (exact) mass is 304 g/mol. The molecule has 0 radical (unpaired) electrons. The molecule has 4 nitrogen and oxygen atoms in total. The van der Waals surface area contributed by atoms with Crippen molar-refractivity contribution in [3.05, 3.63) is 28.2 Å². The molecule has 22 heavy (non-hydrogen) atoms. The smallest absolute Gasteiger partial charge is 0.223 e. The van der Waals surface area contributed by atoms with Crippen molar-refractivity contribution in [2.75, 3.05) is 6.54 Å². The Bertz CT molecular complexity index is 561. The molecule has 4 heteroatoms. The van der Waals surface area contributed by atoms with Gasteiger partial charge in [-0.15, -0.1) is 0 Å². The van der Waals surface area contributed by atoms with Crippen molar-refractivity contribution in [3.63, 3.8) is 0 Å². The zero-order chi connectivity index (χ0) is 15.5. The van der Waals surface area contributed by atoms with Crippen LogP contribution in [0, 0.1) is 0 Å². The molecule has 1 N–H and O–H groups in total. The minimum absolute atomic E-state index is 0.110. The molecule has 1 saturated carbocycles. The highest BCUT2D eigenvalue weighted by atomic mass is 16.3. The summed E-state index contributed by atoms with van der Waals surface area (Å²) in [5, 5.41) is 9.84. The van der Waals surface area contributed by atoms with Gasteiger partial charge in [0.2, 0.25) is 5.43 Å². The van der Waals surface area contributed by atoms with Gasteiger partial charge in [-0.25, -0.2) is 0 Å². The van der Waals surface area contributed by atoms with Crippen molar-refractivity contribution >= 4 is 0 Å². The van der Waals surface area contributed by atoms with Crippen LogP contribution in [0.15, 0.2) is 17.1 Å². The number of nitrogens with zero attached hydrogens (tertiary/aromatic N) is 2. The third-order valence-corrected chi connectivity index (χ3v) is 5.45. The van der Waals surface area contributed by atoms with Crippen LogP contribution in [0.2, 0.25) is 0 Å². The fourth-order valence-corrected chi connectivity index (χ4v) is 4.17.